The van der Waals surface area contributed by atoms with Crippen LogP contribution in [0.4, 0.5) is 0 Å². The highest BCUT2D eigenvalue weighted by Crippen LogP contribution is 2.42. The summed E-state index contributed by atoms with van der Waals surface area (Å²) < 4.78 is 4.65. The maximum absolute atomic E-state index is 5.56. The van der Waals surface area contributed by atoms with Gasteiger partial charge in [-0.15, -0.1) is 0 Å². The molecule has 0 saturated carbocycles. The average Bonchev–Trinajstić information content (AvgIpc) is 3.94. The molecule has 7 aromatic carbocycles. The number of hydrogen-bond donors (Lipinski definition) is 1. The fraction of sp³-hybridized carbons (Fsp3) is 0.0769. The monoisotopic (exact) mass is 733 g/mol. The van der Waals surface area contributed by atoms with Gasteiger partial charge in [0.15, 0.2) is 0 Å². The summed E-state index contributed by atoms with van der Waals surface area (Å²) in [5, 5.41) is 4.82. The van der Waals surface area contributed by atoms with E-state index in [1.165, 1.54) is 43.8 Å². The zero-order valence-electron chi connectivity index (χ0n) is 32.0. The molecule has 5 heteroatoms. The van der Waals surface area contributed by atoms with Crippen molar-refractivity contribution in [2.75, 3.05) is 0 Å². The standard InChI is InChI=1S/C52H39N5/c1-33-30-36(52(2,3)35-16-6-4-7-17-35)32-43-40-28-27-34(31-46(40)57(50(33)43)47-26-12-13-29-53-47)38-21-15-25-45-49(38)55-51(56(45)37-18-8-5-9-19-37)42-23-14-22-41-39-20-10-11-24-44(39)54-48(41)42/h4-32,54H,1-3H3. The molecule has 0 unspecified atom stereocenters. The number of pyridine rings is 1. The topological polar surface area (TPSA) is 51.4 Å². The Labute approximate surface area is 330 Å². The molecule has 0 fully saturated rings. The van der Waals surface area contributed by atoms with Crippen LogP contribution in [0, 0.1) is 6.92 Å². The number of aromatic amines is 1. The summed E-state index contributed by atoms with van der Waals surface area (Å²) in [6.45, 7) is 6.88. The van der Waals surface area contributed by atoms with Gasteiger partial charge in [0.05, 0.1) is 27.6 Å². The number of aromatic nitrogens is 5. The predicted molar refractivity (Wildman–Crippen MR) is 237 cm³/mol. The summed E-state index contributed by atoms with van der Waals surface area (Å²) in [7, 11) is 0. The highest BCUT2D eigenvalue weighted by molar-refractivity contribution is 6.13. The van der Waals surface area contributed by atoms with Crippen LogP contribution in [0.15, 0.2) is 176 Å². The van der Waals surface area contributed by atoms with Crippen molar-refractivity contribution >= 4 is 54.6 Å². The van der Waals surface area contributed by atoms with E-state index >= 15 is 0 Å². The maximum atomic E-state index is 5.56. The zero-order valence-corrected chi connectivity index (χ0v) is 32.0. The normalized spacial score (nSPS) is 12.1. The lowest BCUT2D eigenvalue weighted by Gasteiger charge is -2.27. The van der Waals surface area contributed by atoms with Gasteiger partial charge in [0, 0.05) is 55.5 Å². The molecule has 5 nitrogen and oxygen atoms in total. The molecule has 0 radical (unpaired) electrons. The van der Waals surface area contributed by atoms with E-state index in [0.29, 0.717) is 0 Å². The molecule has 0 amide bonds. The Hall–Kier alpha value is -7.24. The Morgan fingerprint density at radius 2 is 1.28 bits per heavy atom. The maximum Gasteiger partial charge on any atom is 0.147 e. The van der Waals surface area contributed by atoms with Gasteiger partial charge in [-0.05, 0) is 83.8 Å². The van der Waals surface area contributed by atoms with E-state index in [0.717, 1.165) is 61.6 Å². The number of nitrogens with one attached hydrogen (secondary N) is 1. The molecule has 0 aliphatic heterocycles. The van der Waals surface area contributed by atoms with Gasteiger partial charge < -0.3 is 4.98 Å². The Kier molecular flexibility index (Phi) is 7.35. The minimum absolute atomic E-state index is 0.179. The summed E-state index contributed by atoms with van der Waals surface area (Å²) in [5.74, 6) is 1.79. The molecule has 0 saturated heterocycles. The fourth-order valence-corrected chi connectivity index (χ4v) is 9.03. The largest absolute Gasteiger partial charge is 0.354 e. The summed E-state index contributed by atoms with van der Waals surface area (Å²) >= 11 is 0. The number of benzene rings is 7. The molecule has 1 N–H and O–H groups in total. The highest BCUT2D eigenvalue weighted by atomic mass is 15.1. The van der Waals surface area contributed by atoms with Crippen molar-refractivity contribution in [2.45, 2.75) is 26.2 Å². The SMILES string of the molecule is Cc1cc(C(C)(C)c2ccccc2)cc2c3ccc(-c4cccc5c4nc(-c4cccc6c4[nH]c4ccccc46)n5-c4ccccc4)cc3n(-c3ccccn3)c12. The van der Waals surface area contributed by atoms with Gasteiger partial charge in [-0.2, -0.15) is 0 Å². The molecule has 4 aromatic heterocycles. The second-order valence-corrected chi connectivity index (χ2v) is 15.6. The minimum Gasteiger partial charge on any atom is -0.354 e. The van der Waals surface area contributed by atoms with Crippen LogP contribution in [0.5, 0.6) is 0 Å². The van der Waals surface area contributed by atoms with Crippen LogP contribution in [0.2, 0.25) is 0 Å². The number of rotatable bonds is 6. The number of para-hydroxylation sites is 4. The van der Waals surface area contributed by atoms with E-state index in [1.54, 1.807) is 0 Å². The average molecular weight is 734 g/mol. The van der Waals surface area contributed by atoms with Crippen LogP contribution < -0.4 is 0 Å². The van der Waals surface area contributed by atoms with E-state index < -0.39 is 0 Å². The fourth-order valence-electron chi connectivity index (χ4n) is 9.03. The van der Waals surface area contributed by atoms with Gasteiger partial charge in [-0.25, -0.2) is 9.97 Å². The summed E-state index contributed by atoms with van der Waals surface area (Å²) in [6, 6.07) is 60.8. The van der Waals surface area contributed by atoms with Crippen LogP contribution in [0.25, 0.3) is 88.7 Å². The second-order valence-electron chi connectivity index (χ2n) is 15.6. The van der Waals surface area contributed by atoms with Crippen molar-refractivity contribution in [3.8, 4) is 34.0 Å². The minimum atomic E-state index is -0.179. The first-order valence-electron chi connectivity index (χ1n) is 19.6. The quantitative estimate of drug-likeness (QED) is 0.185. The van der Waals surface area contributed by atoms with Crippen molar-refractivity contribution < 1.29 is 0 Å². The zero-order chi connectivity index (χ0) is 38.3. The lowest BCUT2D eigenvalue weighted by atomic mass is 9.77. The Balaban J connectivity index is 1.16. The van der Waals surface area contributed by atoms with Crippen LogP contribution in [-0.2, 0) is 5.41 Å². The molecule has 4 heterocycles. The first-order chi connectivity index (χ1) is 28.0. The summed E-state index contributed by atoms with van der Waals surface area (Å²) in [5.41, 5.74) is 14.4. The number of aryl methyl sites for hydroxylation is 1. The smallest absolute Gasteiger partial charge is 0.147 e. The Morgan fingerprint density at radius 3 is 2.11 bits per heavy atom. The molecule has 11 rings (SSSR count). The lowest BCUT2D eigenvalue weighted by Crippen LogP contribution is -2.19. The third kappa shape index (κ3) is 5.09. The van der Waals surface area contributed by atoms with Gasteiger partial charge in [-0.3, -0.25) is 9.13 Å². The van der Waals surface area contributed by atoms with Gasteiger partial charge in [0.1, 0.15) is 11.6 Å². The molecule has 11 aromatic rings. The van der Waals surface area contributed by atoms with Crippen LogP contribution in [0.3, 0.4) is 0 Å². The number of fused-ring (bicyclic) bond motifs is 7. The van der Waals surface area contributed by atoms with Crippen molar-refractivity contribution in [1.82, 2.24) is 24.1 Å². The number of nitrogens with zero attached hydrogens (tertiary/aromatic N) is 4. The summed E-state index contributed by atoms with van der Waals surface area (Å²) in [6.07, 6.45) is 1.88. The van der Waals surface area contributed by atoms with Gasteiger partial charge in [-0.1, -0.05) is 129 Å². The molecule has 0 spiro atoms. The summed E-state index contributed by atoms with van der Waals surface area (Å²) in [4.78, 5) is 14.2. The molecule has 272 valence electrons. The third-order valence-corrected chi connectivity index (χ3v) is 11.9. The van der Waals surface area contributed by atoms with Crippen molar-refractivity contribution in [1.29, 1.82) is 0 Å². The van der Waals surface area contributed by atoms with Gasteiger partial charge >= 0.3 is 0 Å². The van der Waals surface area contributed by atoms with Gasteiger partial charge in [0.2, 0.25) is 0 Å². The van der Waals surface area contributed by atoms with Crippen LogP contribution >= 0.6 is 0 Å². The van der Waals surface area contributed by atoms with Crippen LogP contribution in [0.1, 0.15) is 30.5 Å². The Bertz CT molecular complexity index is 3310. The second kappa shape index (κ2) is 12.7. The molecule has 0 aliphatic rings. The number of hydrogen-bond acceptors (Lipinski definition) is 2. The van der Waals surface area contributed by atoms with E-state index in [2.05, 4.69) is 199 Å². The first-order valence-corrected chi connectivity index (χ1v) is 19.6. The molecule has 0 bridgehead atoms. The predicted octanol–water partition coefficient (Wildman–Crippen LogP) is 13.1. The van der Waals surface area contributed by atoms with Crippen molar-refractivity contribution in [3.63, 3.8) is 0 Å². The van der Waals surface area contributed by atoms with Gasteiger partial charge in [0.25, 0.3) is 0 Å². The van der Waals surface area contributed by atoms with E-state index in [1.807, 2.05) is 12.3 Å². The number of imidazole rings is 1. The first kappa shape index (κ1) is 33.1. The third-order valence-electron chi connectivity index (χ3n) is 11.9. The molecular formula is C52H39N5. The molecule has 57 heavy (non-hydrogen) atoms. The molecular weight excluding hydrogens is 695 g/mol. The van der Waals surface area contributed by atoms with E-state index in [4.69, 9.17) is 9.97 Å². The van der Waals surface area contributed by atoms with Crippen molar-refractivity contribution in [3.05, 3.63) is 193 Å². The van der Waals surface area contributed by atoms with E-state index in [-0.39, 0.29) is 5.41 Å². The van der Waals surface area contributed by atoms with Crippen LogP contribution in [-0.4, -0.2) is 24.1 Å². The molecule has 0 aliphatic carbocycles. The lowest BCUT2D eigenvalue weighted by molar-refractivity contribution is 0.641. The number of H-pyrrole nitrogens is 1. The highest BCUT2D eigenvalue weighted by Gasteiger charge is 2.27. The van der Waals surface area contributed by atoms with E-state index in [9.17, 15) is 0 Å². The molecule has 0 atom stereocenters. The Morgan fingerprint density at radius 1 is 0.544 bits per heavy atom. The van der Waals surface area contributed by atoms with Crippen molar-refractivity contribution in [2.24, 2.45) is 0 Å².